The number of likely N-dealkylation sites (tertiary alicyclic amines) is 1. The van der Waals surface area contributed by atoms with Gasteiger partial charge in [0, 0.05) is 19.5 Å². The number of nitrogens with two attached hydrogens (primary N) is 1. The minimum absolute atomic E-state index is 0.129. The molecule has 0 bridgehead atoms. The minimum atomic E-state index is -0.735. The Morgan fingerprint density at radius 3 is 2.57 bits per heavy atom. The van der Waals surface area contributed by atoms with Gasteiger partial charge < -0.3 is 21.1 Å². The first-order valence-electron chi connectivity index (χ1n) is 10.1. The molecular weight excluding hydrogens is 400 g/mol. The van der Waals surface area contributed by atoms with Gasteiger partial charge in [-0.15, -0.1) is 11.3 Å². The molecule has 7 nitrogen and oxygen atoms in total. The number of carbonyl (C=O) groups excluding carboxylic acids is 2. The number of thiazole rings is 1. The van der Waals surface area contributed by atoms with Gasteiger partial charge in [-0.25, -0.2) is 4.98 Å². The van der Waals surface area contributed by atoms with Crippen LogP contribution in [-0.2, 0) is 16.1 Å². The SMILES string of the molecule is Cc1ncsc1-c1ccc(CNC(=O)[C@H]2C[C@@H](O)CN2C(=O)C(N)C(C)(C)C)cc1. The second-order valence-electron chi connectivity index (χ2n) is 8.92. The molecule has 4 N–H and O–H groups in total. The molecule has 1 aromatic heterocycles. The lowest BCUT2D eigenvalue weighted by molar-refractivity contribution is -0.141. The Morgan fingerprint density at radius 2 is 2.00 bits per heavy atom. The quantitative estimate of drug-likeness (QED) is 0.673. The highest BCUT2D eigenvalue weighted by Gasteiger charge is 2.42. The molecule has 0 spiro atoms. The number of β-amino-alcohol motifs (C(OH)–C–C–N with tert-alkyl or cyclic N) is 1. The lowest BCUT2D eigenvalue weighted by Crippen LogP contribution is -2.54. The third-order valence-corrected chi connectivity index (χ3v) is 6.47. The maximum Gasteiger partial charge on any atom is 0.243 e. The summed E-state index contributed by atoms with van der Waals surface area (Å²) in [6, 6.07) is 6.52. The van der Waals surface area contributed by atoms with Crippen LogP contribution < -0.4 is 11.1 Å². The van der Waals surface area contributed by atoms with E-state index in [-0.39, 0.29) is 24.8 Å². The van der Waals surface area contributed by atoms with E-state index in [1.807, 2.05) is 57.5 Å². The van der Waals surface area contributed by atoms with Gasteiger partial charge in [-0.05, 0) is 23.5 Å². The maximum atomic E-state index is 12.8. The number of amides is 2. The zero-order valence-electron chi connectivity index (χ0n) is 17.9. The molecule has 0 saturated carbocycles. The van der Waals surface area contributed by atoms with Gasteiger partial charge in [0.05, 0.1) is 28.2 Å². The second-order valence-corrected chi connectivity index (χ2v) is 9.78. The average Bonchev–Trinajstić information content (AvgIpc) is 3.30. The summed E-state index contributed by atoms with van der Waals surface area (Å²) in [7, 11) is 0. The lowest BCUT2D eigenvalue weighted by atomic mass is 9.86. The first kappa shape index (κ1) is 22.4. The molecule has 1 aromatic carbocycles. The van der Waals surface area contributed by atoms with Crippen molar-refractivity contribution in [3.05, 3.63) is 41.0 Å². The van der Waals surface area contributed by atoms with Gasteiger partial charge in [0.1, 0.15) is 6.04 Å². The summed E-state index contributed by atoms with van der Waals surface area (Å²) in [5.41, 5.74) is 10.6. The van der Waals surface area contributed by atoms with E-state index in [1.54, 1.807) is 11.3 Å². The van der Waals surface area contributed by atoms with Crippen LogP contribution in [-0.4, -0.2) is 51.5 Å². The Bertz CT molecular complexity index is 904. The van der Waals surface area contributed by atoms with E-state index in [0.717, 1.165) is 21.7 Å². The summed E-state index contributed by atoms with van der Waals surface area (Å²) >= 11 is 1.60. The average molecular weight is 431 g/mol. The highest BCUT2D eigenvalue weighted by atomic mass is 32.1. The molecule has 1 aliphatic heterocycles. The van der Waals surface area contributed by atoms with Crippen molar-refractivity contribution < 1.29 is 14.7 Å². The summed E-state index contributed by atoms with van der Waals surface area (Å²) in [6.07, 6.45) is -0.503. The molecule has 0 aliphatic carbocycles. The topological polar surface area (TPSA) is 109 Å². The number of aryl methyl sites for hydroxylation is 1. The summed E-state index contributed by atoms with van der Waals surface area (Å²) in [5, 5.41) is 13.0. The Balaban J connectivity index is 1.63. The van der Waals surface area contributed by atoms with Crippen LogP contribution in [0.3, 0.4) is 0 Å². The minimum Gasteiger partial charge on any atom is -0.391 e. The van der Waals surface area contributed by atoms with Crippen LogP contribution in [0.1, 0.15) is 38.4 Å². The molecule has 1 saturated heterocycles. The summed E-state index contributed by atoms with van der Waals surface area (Å²) in [5.74, 6) is -0.577. The van der Waals surface area contributed by atoms with E-state index in [4.69, 9.17) is 5.73 Å². The predicted octanol–water partition coefficient (Wildman–Crippen LogP) is 2.07. The van der Waals surface area contributed by atoms with Crippen molar-refractivity contribution in [2.45, 2.75) is 58.8 Å². The molecule has 30 heavy (non-hydrogen) atoms. The van der Waals surface area contributed by atoms with Crippen molar-refractivity contribution in [2.24, 2.45) is 11.1 Å². The number of benzene rings is 1. The van der Waals surface area contributed by atoms with E-state index in [1.165, 1.54) is 4.90 Å². The Morgan fingerprint density at radius 1 is 1.33 bits per heavy atom. The third kappa shape index (κ3) is 4.88. The monoisotopic (exact) mass is 430 g/mol. The van der Waals surface area contributed by atoms with Gasteiger partial charge >= 0.3 is 0 Å². The van der Waals surface area contributed by atoms with Gasteiger partial charge in [0.2, 0.25) is 11.8 Å². The summed E-state index contributed by atoms with van der Waals surface area (Å²) in [4.78, 5) is 32.4. The molecule has 3 atom stereocenters. The van der Waals surface area contributed by atoms with Gasteiger partial charge in [0.15, 0.2) is 0 Å². The molecule has 3 rings (SSSR count). The molecule has 0 radical (unpaired) electrons. The van der Waals surface area contributed by atoms with Crippen molar-refractivity contribution in [1.29, 1.82) is 0 Å². The molecule has 162 valence electrons. The lowest BCUT2D eigenvalue weighted by Gasteiger charge is -2.32. The van der Waals surface area contributed by atoms with E-state index in [9.17, 15) is 14.7 Å². The van der Waals surface area contributed by atoms with Gasteiger partial charge in [0.25, 0.3) is 0 Å². The third-order valence-electron chi connectivity index (χ3n) is 5.49. The molecule has 2 aromatic rings. The normalized spacial score (nSPS) is 20.3. The number of aliphatic hydroxyl groups excluding tert-OH is 1. The Labute approximate surface area is 181 Å². The van der Waals surface area contributed by atoms with E-state index < -0.39 is 23.6 Å². The predicted molar refractivity (Wildman–Crippen MR) is 118 cm³/mol. The van der Waals surface area contributed by atoms with Crippen LogP contribution in [0.15, 0.2) is 29.8 Å². The number of rotatable bonds is 5. The Kier molecular flexibility index (Phi) is 6.59. The van der Waals surface area contributed by atoms with Crippen LogP contribution in [0, 0.1) is 12.3 Å². The molecular formula is C22H30N4O3S. The van der Waals surface area contributed by atoms with Crippen LogP contribution in [0.4, 0.5) is 0 Å². The molecule has 1 fully saturated rings. The van der Waals surface area contributed by atoms with Crippen LogP contribution in [0.25, 0.3) is 10.4 Å². The van der Waals surface area contributed by atoms with Crippen molar-refractivity contribution in [1.82, 2.24) is 15.2 Å². The maximum absolute atomic E-state index is 12.8. The zero-order chi connectivity index (χ0) is 22.1. The number of hydrogen-bond donors (Lipinski definition) is 3. The summed E-state index contributed by atoms with van der Waals surface area (Å²) < 4.78 is 0. The Hall–Kier alpha value is -2.29. The van der Waals surface area contributed by atoms with Crippen molar-refractivity contribution >= 4 is 23.2 Å². The first-order valence-corrected chi connectivity index (χ1v) is 11.0. The van der Waals surface area contributed by atoms with E-state index >= 15 is 0 Å². The van der Waals surface area contributed by atoms with Crippen molar-refractivity contribution in [2.75, 3.05) is 6.54 Å². The van der Waals surface area contributed by atoms with Crippen LogP contribution in [0.2, 0.25) is 0 Å². The fourth-order valence-corrected chi connectivity index (χ4v) is 4.33. The number of aliphatic hydroxyl groups is 1. The van der Waals surface area contributed by atoms with E-state index in [0.29, 0.717) is 6.54 Å². The van der Waals surface area contributed by atoms with Gasteiger partial charge in [-0.1, -0.05) is 45.0 Å². The molecule has 2 heterocycles. The number of nitrogens with zero attached hydrogens (tertiary/aromatic N) is 2. The van der Waals surface area contributed by atoms with Crippen molar-refractivity contribution in [3.63, 3.8) is 0 Å². The zero-order valence-corrected chi connectivity index (χ0v) is 18.7. The summed E-state index contributed by atoms with van der Waals surface area (Å²) in [6.45, 7) is 8.11. The van der Waals surface area contributed by atoms with E-state index in [2.05, 4.69) is 10.3 Å². The highest BCUT2D eigenvalue weighted by Crippen LogP contribution is 2.27. The van der Waals surface area contributed by atoms with Crippen LogP contribution >= 0.6 is 11.3 Å². The first-order chi connectivity index (χ1) is 14.1. The molecule has 2 amide bonds. The standard InChI is InChI=1S/C22H30N4O3S/c1-13-18(30-12-25-13)15-7-5-14(6-8-15)10-24-20(28)17-9-16(27)11-26(17)21(29)19(23)22(2,3)4/h5-8,12,16-17,19,27H,9-11,23H2,1-4H3,(H,24,28)/t16-,17-,19?/m1/s1. The van der Waals surface area contributed by atoms with Crippen LogP contribution in [0.5, 0.6) is 0 Å². The largest absolute Gasteiger partial charge is 0.391 e. The number of hydrogen-bond acceptors (Lipinski definition) is 6. The molecule has 8 heteroatoms. The van der Waals surface area contributed by atoms with Gasteiger partial charge in [-0.3, -0.25) is 9.59 Å². The number of aromatic nitrogens is 1. The fourth-order valence-electron chi connectivity index (χ4n) is 3.51. The van der Waals surface area contributed by atoms with Gasteiger partial charge in [-0.2, -0.15) is 0 Å². The molecule has 1 unspecified atom stereocenters. The fraction of sp³-hybridized carbons (Fsp3) is 0.500. The smallest absolute Gasteiger partial charge is 0.243 e. The second kappa shape index (κ2) is 8.83. The van der Waals surface area contributed by atoms with Crippen molar-refractivity contribution in [3.8, 4) is 10.4 Å². The number of nitrogens with one attached hydrogen (secondary N) is 1. The molecule has 1 aliphatic rings. The highest BCUT2D eigenvalue weighted by molar-refractivity contribution is 7.13. The number of carbonyl (C=O) groups is 2.